The molecule has 0 spiro atoms. The van der Waals surface area contributed by atoms with Crippen molar-refractivity contribution in [2.24, 2.45) is 5.92 Å². The third-order valence-corrected chi connectivity index (χ3v) is 3.83. The quantitative estimate of drug-likeness (QED) is 0.870. The summed E-state index contributed by atoms with van der Waals surface area (Å²) in [4.78, 5) is 27.7. The van der Waals surface area contributed by atoms with Crippen molar-refractivity contribution in [3.05, 3.63) is 29.8 Å². The number of nitrogens with one attached hydrogen (secondary N) is 1. The topological polar surface area (TPSA) is 52.7 Å². The number of benzene rings is 1. The Labute approximate surface area is 132 Å². The molecule has 1 fully saturated rings. The SMILES string of the molecule is CC(=O)c1ccc(NC(=O)N2CCN(CC(C)C)CC2)cc1. The molecule has 1 aromatic rings. The molecule has 0 aromatic heterocycles. The van der Waals surface area contributed by atoms with Gasteiger partial charge in [-0.05, 0) is 37.1 Å². The lowest BCUT2D eigenvalue weighted by atomic mass is 10.1. The number of piperazine rings is 1. The summed E-state index contributed by atoms with van der Waals surface area (Å²) in [5, 5.41) is 2.89. The lowest BCUT2D eigenvalue weighted by molar-refractivity contribution is 0.101. The van der Waals surface area contributed by atoms with Crippen LogP contribution in [0.3, 0.4) is 0 Å². The average molecular weight is 303 g/mol. The molecule has 1 heterocycles. The van der Waals surface area contributed by atoms with Crippen LogP contribution in [0.1, 0.15) is 31.1 Å². The number of carbonyl (C=O) groups excluding carboxylic acids is 2. The van der Waals surface area contributed by atoms with Crippen LogP contribution >= 0.6 is 0 Å². The smallest absolute Gasteiger partial charge is 0.321 e. The molecule has 0 radical (unpaired) electrons. The van der Waals surface area contributed by atoms with Crippen LogP contribution in [-0.2, 0) is 0 Å². The largest absolute Gasteiger partial charge is 0.322 e. The fourth-order valence-electron chi connectivity index (χ4n) is 2.64. The van der Waals surface area contributed by atoms with Crippen LogP contribution in [0.4, 0.5) is 10.5 Å². The molecule has 0 saturated carbocycles. The third kappa shape index (κ3) is 4.56. The molecule has 1 aliphatic heterocycles. The van der Waals surface area contributed by atoms with Crippen molar-refractivity contribution in [2.75, 3.05) is 38.0 Å². The Morgan fingerprint density at radius 3 is 2.18 bits per heavy atom. The summed E-state index contributed by atoms with van der Waals surface area (Å²) in [5.74, 6) is 0.680. The molecule has 1 aromatic carbocycles. The Morgan fingerprint density at radius 2 is 1.68 bits per heavy atom. The lowest BCUT2D eigenvalue weighted by Crippen LogP contribution is -2.50. The standard InChI is InChI=1S/C17H25N3O2/c1-13(2)12-19-8-10-20(11-9-19)17(22)18-16-6-4-15(5-7-16)14(3)21/h4-7,13H,8-12H2,1-3H3,(H,18,22). The van der Waals surface area contributed by atoms with Gasteiger partial charge in [0.25, 0.3) is 0 Å². The number of anilines is 1. The van der Waals surface area contributed by atoms with E-state index >= 15 is 0 Å². The summed E-state index contributed by atoms with van der Waals surface area (Å²) in [6.07, 6.45) is 0. The summed E-state index contributed by atoms with van der Waals surface area (Å²) in [6, 6.07) is 6.93. The number of ketones is 1. The third-order valence-electron chi connectivity index (χ3n) is 3.83. The van der Waals surface area contributed by atoms with Crippen LogP contribution in [-0.4, -0.2) is 54.3 Å². The van der Waals surface area contributed by atoms with Crippen LogP contribution in [0.15, 0.2) is 24.3 Å². The first-order valence-electron chi connectivity index (χ1n) is 7.85. The molecular formula is C17H25N3O2. The molecular weight excluding hydrogens is 278 g/mol. The van der Waals surface area contributed by atoms with Crippen LogP contribution < -0.4 is 5.32 Å². The maximum absolute atomic E-state index is 12.2. The maximum atomic E-state index is 12.2. The van der Waals surface area contributed by atoms with Gasteiger partial charge in [-0.1, -0.05) is 13.8 Å². The van der Waals surface area contributed by atoms with E-state index in [9.17, 15) is 9.59 Å². The fraction of sp³-hybridized carbons (Fsp3) is 0.529. The second kappa shape index (κ2) is 7.40. The Kier molecular flexibility index (Phi) is 5.55. The van der Waals surface area contributed by atoms with Gasteiger partial charge in [0, 0.05) is 44.0 Å². The van der Waals surface area contributed by atoms with Gasteiger partial charge in [-0.2, -0.15) is 0 Å². The van der Waals surface area contributed by atoms with Gasteiger partial charge < -0.3 is 10.2 Å². The van der Waals surface area contributed by atoms with Gasteiger partial charge in [-0.25, -0.2) is 4.79 Å². The first kappa shape index (κ1) is 16.5. The fourth-order valence-corrected chi connectivity index (χ4v) is 2.64. The zero-order valence-corrected chi connectivity index (χ0v) is 13.6. The van der Waals surface area contributed by atoms with E-state index in [2.05, 4.69) is 24.1 Å². The van der Waals surface area contributed by atoms with E-state index in [-0.39, 0.29) is 11.8 Å². The monoisotopic (exact) mass is 303 g/mol. The van der Waals surface area contributed by atoms with E-state index in [1.807, 2.05) is 4.90 Å². The molecule has 1 aliphatic rings. The number of hydrogen-bond acceptors (Lipinski definition) is 3. The van der Waals surface area contributed by atoms with Gasteiger partial charge in [-0.15, -0.1) is 0 Å². The van der Waals surface area contributed by atoms with Crippen molar-refractivity contribution in [3.8, 4) is 0 Å². The molecule has 0 aliphatic carbocycles. The summed E-state index contributed by atoms with van der Waals surface area (Å²) >= 11 is 0. The van der Waals surface area contributed by atoms with Crippen molar-refractivity contribution < 1.29 is 9.59 Å². The minimum atomic E-state index is -0.0697. The summed E-state index contributed by atoms with van der Waals surface area (Å²) in [5.41, 5.74) is 1.37. The average Bonchev–Trinajstić information content (AvgIpc) is 2.48. The van der Waals surface area contributed by atoms with Crippen molar-refractivity contribution in [1.29, 1.82) is 0 Å². The Bertz CT molecular complexity index is 517. The molecule has 5 nitrogen and oxygen atoms in total. The van der Waals surface area contributed by atoms with Gasteiger partial charge in [0.1, 0.15) is 0 Å². The summed E-state index contributed by atoms with van der Waals surface area (Å²) in [6.45, 7) is 10.4. The molecule has 1 N–H and O–H groups in total. The highest BCUT2D eigenvalue weighted by Gasteiger charge is 2.21. The normalized spacial score (nSPS) is 15.9. The number of amides is 2. The second-order valence-corrected chi connectivity index (χ2v) is 6.25. The molecule has 0 bridgehead atoms. The number of rotatable bonds is 4. The molecule has 5 heteroatoms. The summed E-state index contributed by atoms with van der Waals surface area (Å²) in [7, 11) is 0. The van der Waals surface area contributed by atoms with E-state index in [1.165, 1.54) is 6.92 Å². The molecule has 120 valence electrons. The lowest BCUT2D eigenvalue weighted by Gasteiger charge is -2.35. The first-order chi connectivity index (χ1) is 10.5. The highest BCUT2D eigenvalue weighted by Crippen LogP contribution is 2.12. The van der Waals surface area contributed by atoms with Gasteiger partial charge in [0.15, 0.2) is 5.78 Å². The van der Waals surface area contributed by atoms with Crippen LogP contribution in [0, 0.1) is 5.92 Å². The zero-order valence-electron chi connectivity index (χ0n) is 13.6. The molecule has 2 rings (SSSR count). The molecule has 0 atom stereocenters. The van der Waals surface area contributed by atoms with E-state index in [4.69, 9.17) is 0 Å². The van der Waals surface area contributed by atoms with Crippen LogP contribution in [0.25, 0.3) is 0 Å². The minimum absolute atomic E-state index is 0.0270. The number of carbonyl (C=O) groups is 2. The van der Waals surface area contributed by atoms with E-state index in [0.29, 0.717) is 11.5 Å². The van der Waals surface area contributed by atoms with Crippen molar-refractivity contribution in [2.45, 2.75) is 20.8 Å². The van der Waals surface area contributed by atoms with Gasteiger partial charge >= 0.3 is 6.03 Å². The van der Waals surface area contributed by atoms with Gasteiger partial charge in [-0.3, -0.25) is 9.69 Å². The van der Waals surface area contributed by atoms with Crippen LogP contribution in [0.5, 0.6) is 0 Å². The van der Waals surface area contributed by atoms with Crippen molar-refractivity contribution >= 4 is 17.5 Å². The van der Waals surface area contributed by atoms with Crippen molar-refractivity contribution in [1.82, 2.24) is 9.80 Å². The van der Waals surface area contributed by atoms with E-state index in [1.54, 1.807) is 24.3 Å². The number of nitrogens with zero attached hydrogens (tertiary/aromatic N) is 2. The Hall–Kier alpha value is -1.88. The molecule has 2 amide bonds. The van der Waals surface area contributed by atoms with E-state index in [0.717, 1.165) is 38.4 Å². The molecule has 0 unspecified atom stereocenters. The minimum Gasteiger partial charge on any atom is -0.322 e. The predicted octanol–water partition coefficient (Wildman–Crippen LogP) is 2.69. The predicted molar refractivity (Wildman–Crippen MR) is 88.3 cm³/mol. The highest BCUT2D eigenvalue weighted by molar-refractivity contribution is 5.95. The molecule has 22 heavy (non-hydrogen) atoms. The van der Waals surface area contributed by atoms with Crippen LogP contribution in [0.2, 0.25) is 0 Å². The van der Waals surface area contributed by atoms with Gasteiger partial charge in [0.2, 0.25) is 0 Å². The van der Waals surface area contributed by atoms with Gasteiger partial charge in [0.05, 0.1) is 0 Å². The van der Waals surface area contributed by atoms with Crippen molar-refractivity contribution in [3.63, 3.8) is 0 Å². The number of urea groups is 1. The van der Waals surface area contributed by atoms with E-state index < -0.39 is 0 Å². The zero-order chi connectivity index (χ0) is 16.1. The maximum Gasteiger partial charge on any atom is 0.321 e. The second-order valence-electron chi connectivity index (χ2n) is 6.25. The Morgan fingerprint density at radius 1 is 1.09 bits per heavy atom. The first-order valence-corrected chi connectivity index (χ1v) is 7.85. The number of Topliss-reactive ketones (excluding diaryl/α,β-unsaturated/α-hetero) is 1. The number of hydrogen-bond donors (Lipinski definition) is 1. The Balaban J connectivity index is 1.84. The molecule has 1 saturated heterocycles. The highest BCUT2D eigenvalue weighted by atomic mass is 16.2. The summed E-state index contributed by atoms with van der Waals surface area (Å²) < 4.78 is 0.